The van der Waals surface area contributed by atoms with E-state index in [1.165, 1.54) is 6.42 Å². The van der Waals surface area contributed by atoms with E-state index in [2.05, 4.69) is 25.7 Å². The van der Waals surface area contributed by atoms with Crippen LogP contribution in [0.15, 0.2) is 24.3 Å². The van der Waals surface area contributed by atoms with Gasteiger partial charge in [0.05, 0.1) is 12.7 Å². The molecule has 0 aromatic heterocycles. The van der Waals surface area contributed by atoms with Gasteiger partial charge in [0.25, 0.3) is 5.91 Å². The maximum atomic E-state index is 13.0. The molecule has 0 radical (unpaired) electrons. The van der Waals surface area contributed by atoms with Gasteiger partial charge in [-0.05, 0) is 31.4 Å². The third kappa shape index (κ3) is 4.42. The molecule has 0 unspecified atom stereocenters. The molecule has 1 atom stereocenters. The van der Waals surface area contributed by atoms with Crippen molar-refractivity contribution in [2.24, 2.45) is 0 Å². The molecule has 1 fully saturated rings. The minimum absolute atomic E-state index is 0.108. The summed E-state index contributed by atoms with van der Waals surface area (Å²) in [6.45, 7) is 7.54. The van der Waals surface area contributed by atoms with Crippen molar-refractivity contribution < 1.29 is 9.53 Å². The van der Waals surface area contributed by atoms with Crippen LogP contribution in [0, 0.1) is 0 Å². The van der Waals surface area contributed by atoms with Gasteiger partial charge in [-0.15, -0.1) is 0 Å². The zero-order chi connectivity index (χ0) is 16.2. The van der Waals surface area contributed by atoms with Gasteiger partial charge in [0.1, 0.15) is 5.75 Å². The first kappa shape index (κ1) is 17.2. The molecular formula is C18H27NO2S. The van der Waals surface area contributed by atoms with Crippen LogP contribution < -0.4 is 4.74 Å². The van der Waals surface area contributed by atoms with Gasteiger partial charge in [-0.1, -0.05) is 32.9 Å². The van der Waals surface area contributed by atoms with Gasteiger partial charge in [0.2, 0.25) is 0 Å². The summed E-state index contributed by atoms with van der Waals surface area (Å²) in [7, 11) is 1.62. The lowest BCUT2D eigenvalue weighted by molar-refractivity contribution is 0.0637. The number of carbonyl (C=O) groups excluding carboxylic acids is 1. The number of rotatable bonds is 4. The number of likely N-dealkylation sites (tertiary alicyclic amines) is 1. The fourth-order valence-corrected chi connectivity index (χ4v) is 3.80. The number of piperidine rings is 1. The van der Waals surface area contributed by atoms with E-state index in [0.717, 1.165) is 25.1 Å². The predicted octanol–water partition coefficient (Wildman–Crippen LogP) is 4.22. The molecule has 2 rings (SSSR count). The Labute approximate surface area is 138 Å². The summed E-state index contributed by atoms with van der Waals surface area (Å²) < 4.78 is 5.59. The van der Waals surface area contributed by atoms with Crippen molar-refractivity contribution in [3.8, 4) is 5.75 Å². The van der Waals surface area contributed by atoms with Gasteiger partial charge in [-0.25, -0.2) is 0 Å². The van der Waals surface area contributed by atoms with E-state index in [9.17, 15) is 4.79 Å². The second kappa shape index (κ2) is 7.40. The maximum Gasteiger partial charge on any atom is 0.257 e. The molecule has 1 aromatic rings. The Bertz CT molecular complexity index is 510. The number of para-hydroxylation sites is 1. The average Bonchev–Trinajstić information content (AvgIpc) is 2.51. The molecule has 1 aromatic carbocycles. The highest BCUT2D eigenvalue weighted by Gasteiger charge is 2.29. The number of thioether (sulfide) groups is 1. The Morgan fingerprint density at radius 1 is 1.32 bits per heavy atom. The molecule has 1 amide bonds. The molecule has 1 aliphatic heterocycles. The minimum Gasteiger partial charge on any atom is -0.496 e. The van der Waals surface area contributed by atoms with Crippen LogP contribution in [0.5, 0.6) is 5.75 Å². The third-order valence-electron chi connectivity index (χ3n) is 3.93. The first-order chi connectivity index (χ1) is 10.4. The predicted molar refractivity (Wildman–Crippen MR) is 93.9 cm³/mol. The molecule has 1 aliphatic rings. The minimum atomic E-state index is 0.108. The van der Waals surface area contributed by atoms with E-state index < -0.39 is 0 Å². The van der Waals surface area contributed by atoms with E-state index in [0.29, 0.717) is 17.4 Å². The molecule has 0 bridgehead atoms. The zero-order valence-corrected chi connectivity index (χ0v) is 14.9. The molecule has 22 heavy (non-hydrogen) atoms. The van der Waals surface area contributed by atoms with Crippen LogP contribution in [0.25, 0.3) is 0 Å². The van der Waals surface area contributed by atoms with Crippen molar-refractivity contribution in [1.82, 2.24) is 4.90 Å². The first-order valence-corrected chi connectivity index (χ1v) is 8.99. The number of methoxy groups -OCH3 is 1. The maximum absolute atomic E-state index is 13.0. The van der Waals surface area contributed by atoms with Gasteiger partial charge in [-0.3, -0.25) is 4.79 Å². The molecule has 3 nitrogen and oxygen atoms in total. The third-order valence-corrected chi connectivity index (χ3v) is 5.35. The highest BCUT2D eigenvalue weighted by atomic mass is 32.2. The van der Waals surface area contributed by atoms with Gasteiger partial charge in [0.15, 0.2) is 0 Å². The topological polar surface area (TPSA) is 29.5 Å². The summed E-state index contributed by atoms with van der Waals surface area (Å²) in [5.74, 6) is 1.78. The van der Waals surface area contributed by atoms with Crippen molar-refractivity contribution in [3.63, 3.8) is 0 Å². The Hall–Kier alpha value is -1.16. The van der Waals surface area contributed by atoms with Crippen LogP contribution in [0.3, 0.4) is 0 Å². The quantitative estimate of drug-likeness (QED) is 0.831. The second-order valence-corrected chi connectivity index (χ2v) is 8.62. The summed E-state index contributed by atoms with van der Waals surface area (Å²) in [6.07, 6.45) is 3.41. The van der Waals surface area contributed by atoms with Gasteiger partial charge >= 0.3 is 0 Å². The lowest BCUT2D eigenvalue weighted by Crippen LogP contribution is -2.45. The summed E-state index contributed by atoms with van der Waals surface area (Å²) in [6, 6.07) is 7.85. The lowest BCUT2D eigenvalue weighted by atomic mass is 10.0. The number of hydrogen-bond donors (Lipinski definition) is 0. The first-order valence-electron chi connectivity index (χ1n) is 8.00. The van der Waals surface area contributed by atoms with E-state index >= 15 is 0 Å². The molecule has 4 heteroatoms. The normalized spacial score (nSPS) is 19.1. The SMILES string of the molecule is COc1ccccc1C(=O)N1CCCC[C@H]1CSC(C)(C)C. The smallest absolute Gasteiger partial charge is 0.257 e. The highest BCUT2D eigenvalue weighted by Crippen LogP contribution is 2.30. The van der Waals surface area contributed by atoms with Crippen molar-refractivity contribution in [1.29, 1.82) is 0 Å². The fraction of sp³-hybridized carbons (Fsp3) is 0.611. The molecule has 122 valence electrons. The Kier molecular flexibility index (Phi) is 5.79. The number of carbonyl (C=O) groups is 1. The standard InChI is InChI=1S/C18H27NO2S/c1-18(2,3)22-13-14-9-7-8-12-19(14)17(20)15-10-5-6-11-16(15)21-4/h5-6,10-11,14H,7-9,12-13H2,1-4H3/t14-/m0/s1. The van der Waals surface area contributed by atoms with Crippen LogP contribution in [0.4, 0.5) is 0 Å². The Morgan fingerprint density at radius 3 is 2.73 bits per heavy atom. The number of hydrogen-bond acceptors (Lipinski definition) is 3. The molecule has 1 heterocycles. The van der Waals surface area contributed by atoms with Gasteiger partial charge < -0.3 is 9.64 Å². The van der Waals surface area contributed by atoms with E-state index in [-0.39, 0.29) is 10.7 Å². The Balaban J connectivity index is 2.14. The van der Waals surface area contributed by atoms with Crippen LogP contribution >= 0.6 is 11.8 Å². The van der Waals surface area contributed by atoms with Crippen LogP contribution in [0.1, 0.15) is 50.4 Å². The lowest BCUT2D eigenvalue weighted by Gasteiger charge is -2.37. The van der Waals surface area contributed by atoms with Crippen LogP contribution in [-0.4, -0.2) is 41.0 Å². The van der Waals surface area contributed by atoms with Crippen molar-refractivity contribution in [2.75, 3.05) is 19.4 Å². The summed E-state index contributed by atoms with van der Waals surface area (Å²) in [5, 5.41) is 0. The monoisotopic (exact) mass is 321 g/mol. The molecular weight excluding hydrogens is 294 g/mol. The number of benzene rings is 1. The molecule has 0 aliphatic carbocycles. The number of amides is 1. The largest absolute Gasteiger partial charge is 0.496 e. The van der Waals surface area contributed by atoms with Crippen molar-refractivity contribution >= 4 is 17.7 Å². The molecule has 0 N–H and O–H groups in total. The molecule has 1 saturated heterocycles. The van der Waals surface area contributed by atoms with E-state index in [4.69, 9.17) is 4.74 Å². The zero-order valence-electron chi connectivity index (χ0n) is 14.1. The van der Waals surface area contributed by atoms with Gasteiger partial charge in [-0.2, -0.15) is 11.8 Å². The average molecular weight is 321 g/mol. The fourth-order valence-electron chi connectivity index (χ4n) is 2.76. The summed E-state index contributed by atoms with van der Waals surface area (Å²) in [4.78, 5) is 15.0. The highest BCUT2D eigenvalue weighted by molar-refractivity contribution is 8.00. The number of nitrogens with zero attached hydrogens (tertiary/aromatic N) is 1. The van der Waals surface area contributed by atoms with Gasteiger partial charge in [0, 0.05) is 23.1 Å². The van der Waals surface area contributed by atoms with Crippen LogP contribution in [-0.2, 0) is 0 Å². The molecule has 0 spiro atoms. The molecule has 0 saturated carbocycles. The van der Waals surface area contributed by atoms with Crippen molar-refractivity contribution in [3.05, 3.63) is 29.8 Å². The Morgan fingerprint density at radius 2 is 2.05 bits per heavy atom. The van der Waals surface area contributed by atoms with E-state index in [1.54, 1.807) is 7.11 Å². The summed E-state index contributed by atoms with van der Waals surface area (Å²) in [5.41, 5.74) is 0.678. The van der Waals surface area contributed by atoms with Crippen molar-refractivity contribution in [2.45, 2.75) is 50.8 Å². The van der Waals surface area contributed by atoms with E-state index in [1.807, 2.05) is 36.0 Å². The second-order valence-electron chi connectivity index (χ2n) is 6.77. The summed E-state index contributed by atoms with van der Waals surface area (Å²) >= 11 is 1.94. The van der Waals surface area contributed by atoms with Crippen LogP contribution in [0.2, 0.25) is 0 Å². The number of ether oxygens (including phenoxy) is 1.